The van der Waals surface area contributed by atoms with Gasteiger partial charge in [-0.05, 0) is 37.9 Å². The molecular formula is C14H22N2O2S. The normalized spacial score (nSPS) is 33.1. The molecule has 3 fully saturated rings. The second-order valence-corrected chi connectivity index (χ2v) is 6.90. The van der Waals surface area contributed by atoms with Crippen molar-refractivity contribution in [2.45, 2.75) is 50.6 Å². The maximum atomic E-state index is 12.7. The highest BCUT2D eigenvalue weighted by molar-refractivity contribution is 7.99. The molecule has 0 radical (unpaired) electrons. The van der Waals surface area contributed by atoms with Gasteiger partial charge >= 0.3 is 0 Å². The van der Waals surface area contributed by atoms with Gasteiger partial charge in [-0.25, -0.2) is 0 Å². The molecule has 2 atom stereocenters. The quantitative estimate of drug-likeness (QED) is 0.732. The van der Waals surface area contributed by atoms with Crippen LogP contribution in [0.2, 0.25) is 0 Å². The van der Waals surface area contributed by atoms with Gasteiger partial charge in [-0.1, -0.05) is 0 Å². The number of carbonyl (C=O) groups excluding carboxylic acids is 2. The molecule has 5 heteroatoms. The minimum absolute atomic E-state index is 0.157. The zero-order valence-corrected chi connectivity index (χ0v) is 12.2. The van der Waals surface area contributed by atoms with Crippen molar-refractivity contribution in [3.05, 3.63) is 0 Å². The molecule has 3 aliphatic rings. The average Bonchev–Trinajstić information content (AvgIpc) is 2.59. The number of carbonyl (C=O) groups is 2. The molecule has 2 unspecified atom stereocenters. The van der Waals surface area contributed by atoms with Crippen LogP contribution in [0.25, 0.3) is 0 Å². The zero-order chi connectivity index (χ0) is 13.2. The fraction of sp³-hybridized carbons (Fsp3) is 0.857. The molecule has 0 aromatic rings. The Labute approximate surface area is 118 Å². The van der Waals surface area contributed by atoms with Crippen LogP contribution in [-0.4, -0.2) is 58.3 Å². The van der Waals surface area contributed by atoms with Gasteiger partial charge in [0.25, 0.3) is 0 Å². The first-order valence-corrected chi connectivity index (χ1v) is 8.60. The highest BCUT2D eigenvalue weighted by Crippen LogP contribution is 2.28. The smallest absolute Gasteiger partial charge is 0.245 e. The molecular weight excluding hydrogens is 260 g/mol. The van der Waals surface area contributed by atoms with Crippen molar-refractivity contribution in [3.8, 4) is 0 Å². The van der Waals surface area contributed by atoms with Crippen molar-refractivity contribution in [2.75, 3.05) is 24.6 Å². The van der Waals surface area contributed by atoms with Crippen molar-refractivity contribution in [1.29, 1.82) is 0 Å². The van der Waals surface area contributed by atoms with Crippen LogP contribution in [0.1, 0.15) is 38.5 Å². The highest BCUT2D eigenvalue weighted by atomic mass is 32.2. The van der Waals surface area contributed by atoms with E-state index in [0.717, 1.165) is 38.0 Å². The summed E-state index contributed by atoms with van der Waals surface area (Å²) in [5.41, 5.74) is 0. The lowest BCUT2D eigenvalue weighted by molar-refractivity contribution is -0.144. The summed E-state index contributed by atoms with van der Waals surface area (Å²) < 4.78 is 0. The topological polar surface area (TPSA) is 40.6 Å². The van der Waals surface area contributed by atoms with Gasteiger partial charge in [0.1, 0.15) is 6.04 Å². The lowest BCUT2D eigenvalue weighted by atomic mass is 10.0. The minimum atomic E-state index is -0.157. The Morgan fingerprint density at radius 2 is 1.89 bits per heavy atom. The summed E-state index contributed by atoms with van der Waals surface area (Å²) in [5, 5.41) is 0. The van der Waals surface area contributed by atoms with E-state index in [1.165, 1.54) is 12.2 Å². The molecule has 19 heavy (non-hydrogen) atoms. The van der Waals surface area contributed by atoms with Gasteiger partial charge in [-0.3, -0.25) is 9.59 Å². The third kappa shape index (κ3) is 2.62. The summed E-state index contributed by atoms with van der Waals surface area (Å²) in [5.74, 6) is 2.67. The fourth-order valence-corrected chi connectivity index (χ4v) is 4.64. The summed E-state index contributed by atoms with van der Waals surface area (Å²) in [4.78, 5) is 28.8. The van der Waals surface area contributed by atoms with Crippen molar-refractivity contribution >= 4 is 23.6 Å². The zero-order valence-electron chi connectivity index (χ0n) is 11.3. The summed E-state index contributed by atoms with van der Waals surface area (Å²) in [6, 6.07) is 0.205. The third-order valence-electron chi connectivity index (χ3n) is 4.53. The first-order chi connectivity index (χ1) is 9.27. The van der Waals surface area contributed by atoms with Gasteiger partial charge in [-0.2, -0.15) is 11.8 Å². The van der Waals surface area contributed by atoms with E-state index in [0.29, 0.717) is 19.0 Å². The molecule has 0 aromatic heterocycles. The maximum Gasteiger partial charge on any atom is 0.245 e. The molecule has 0 N–H and O–H groups in total. The van der Waals surface area contributed by atoms with Gasteiger partial charge in [0.05, 0.1) is 0 Å². The number of hydrogen-bond acceptors (Lipinski definition) is 3. The van der Waals surface area contributed by atoms with Gasteiger partial charge in [0.15, 0.2) is 0 Å². The van der Waals surface area contributed by atoms with Crippen molar-refractivity contribution in [1.82, 2.24) is 9.80 Å². The molecule has 4 nitrogen and oxygen atoms in total. The van der Waals surface area contributed by atoms with Crippen LogP contribution >= 0.6 is 11.8 Å². The Hall–Kier alpha value is -0.710. The van der Waals surface area contributed by atoms with Crippen LogP contribution in [-0.2, 0) is 9.59 Å². The van der Waals surface area contributed by atoms with E-state index in [1.54, 1.807) is 0 Å². The van der Waals surface area contributed by atoms with E-state index < -0.39 is 0 Å². The van der Waals surface area contributed by atoms with Crippen molar-refractivity contribution in [3.63, 3.8) is 0 Å². The summed E-state index contributed by atoms with van der Waals surface area (Å²) in [6.45, 7) is 1.42. The lowest BCUT2D eigenvalue weighted by Gasteiger charge is -2.38. The number of nitrogens with zero attached hydrogens (tertiary/aromatic N) is 2. The van der Waals surface area contributed by atoms with Gasteiger partial charge in [-0.15, -0.1) is 0 Å². The number of amides is 2. The van der Waals surface area contributed by atoms with Crippen LogP contribution in [0.3, 0.4) is 0 Å². The van der Waals surface area contributed by atoms with Crippen LogP contribution in [0, 0.1) is 0 Å². The first kappa shape index (κ1) is 13.3. The van der Waals surface area contributed by atoms with E-state index in [-0.39, 0.29) is 17.9 Å². The summed E-state index contributed by atoms with van der Waals surface area (Å²) in [6.07, 6.45) is 5.81. The molecule has 0 saturated carbocycles. The highest BCUT2D eigenvalue weighted by Gasteiger charge is 2.39. The predicted molar refractivity (Wildman–Crippen MR) is 76.0 cm³/mol. The van der Waals surface area contributed by atoms with E-state index in [4.69, 9.17) is 0 Å². The Balaban J connectivity index is 1.78. The summed E-state index contributed by atoms with van der Waals surface area (Å²) >= 11 is 1.94. The number of thioether (sulfide) groups is 1. The number of fused-ring (bicyclic) bond motifs is 1. The van der Waals surface area contributed by atoms with Crippen LogP contribution in [0.15, 0.2) is 0 Å². The Morgan fingerprint density at radius 3 is 2.68 bits per heavy atom. The van der Waals surface area contributed by atoms with Gasteiger partial charge in [0.2, 0.25) is 11.8 Å². The third-order valence-corrected chi connectivity index (χ3v) is 5.73. The Morgan fingerprint density at radius 1 is 1.00 bits per heavy atom. The maximum absolute atomic E-state index is 12.7. The number of hydrogen-bond donors (Lipinski definition) is 0. The van der Waals surface area contributed by atoms with Gasteiger partial charge in [0, 0.05) is 31.3 Å². The molecule has 0 spiro atoms. The lowest BCUT2D eigenvalue weighted by Crippen LogP contribution is -2.52. The van der Waals surface area contributed by atoms with Crippen molar-refractivity contribution in [2.24, 2.45) is 0 Å². The molecule has 106 valence electrons. The van der Waals surface area contributed by atoms with Crippen LogP contribution in [0.5, 0.6) is 0 Å². The van der Waals surface area contributed by atoms with Crippen LogP contribution < -0.4 is 0 Å². The second kappa shape index (κ2) is 5.73. The molecule has 0 aliphatic carbocycles. The van der Waals surface area contributed by atoms with E-state index in [2.05, 4.69) is 0 Å². The van der Waals surface area contributed by atoms with E-state index in [9.17, 15) is 9.59 Å². The molecule has 0 bridgehead atoms. The fourth-order valence-electron chi connectivity index (χ4n) is 3.48. The predicted octanol–water partition coefficient (Wildman–Crippen LogP) is 1.50. The first-order valence-electron chi connectivity index (χ1n) is 7.45. The monoisotopic (exact) mass is 282 g/mol. The molecule has 3 rings (SSSR count). The molecule has 2 amide bonds. The van der Waals surface area contributed by atoms with Gasteiger partial charge < -0.3 is 9.80 Å². The SMILES string of the molecule is O=C1C2CCCCN2C(=O)CCN1C1CCCSC1. The average molecular weight is 282 g/mol. The minimum Gasteiger partial charge on any atom is -0.337 e. The molecule has 3 heterocycles. The molecule has 3 saturated heterocycles. The summed E-state index contributed by atoms with van der Waals surface area (Å²) in [7, 11) is 0. The standard InChI is InChI=1S/C14H22N2O2S/c17-13-6-8-15(11-4-3-9-19-10-11)14(18)12-5-1-2-7-16(12)13/h11-12H,1-10H2. The second-order valence-electron chi connectivity index (χ2n) is 5.75. The number of piperidine rings is 1. The largest absolute Gasteiger partial charge is 0.337 e. The van der Waals surface area contributed by atoms with Crippen LogP contribution in [0.4, 0.5) is 0 Å². The molecule has 0 aromatic carbocycles. The number of rotatable bonds is 1. The van der Waals surface area contributed by atoms with E-state index >= 15 is 0 Å². The Bertz CT molecular complexity index is 368. The molecule has 3 aliphatic heterocycles. The van der Waals surface area contributed by atoms with E-state index in [1.807, 2.05) is 21.6 Å². The Kier molecular flexibility index (Phi) is 4.01. The van der Waals surface area contributed by atoms with Crippen molar-refractivity contribution < 1.29 is 9.59 Å².